The van der Waals surface area contributed by atoms with Crippen LogP contribution >= 0.6 is 0 Å². The van der Waals surface area contributed by atoms with Crippen LogP contribution in [0.5, 0.6) is 11.5 Å². The quantitative estimate of drug-likeness (QED) is 0.841. The second-order valence-corrected chi connectivity index (χ2v) is 5.03. The molecule has 21 heavy (non-hydrogen) atoms. The van der Waals surface area contributed by atoms with Crippen LogP contribution in [0.2, 0.25) is 0 Å². The van der Waals surface area contributed by atoms with E-state index in [2.05, 4.69) is 37.4 Å². The molecule has 2 aromatic rings. The van der Waals surface area contributed by atoms with E-state index < -0.39 is 0 Å². The van der Waals surface area contributed by atoms with E-state index in [-0.39, 0.29) is 0 Å². The van der Waals surface area contributed by atoms with Crippen molar-refractivity contribution in [1.29, 1.82) is 0 Å². The van der Waals surface area contributed by atoms with Gasteiger partial charge in [0.1, 0.15) is 18.1 Å². The maximum Gasteiger partial charge on any atom is 0.125 e. The summed E-state index contributed by atoms with van der Waals surface area (Å²) in [7, 11) is 1.69. The van der Waals surface area contributed by atoms with Crippen LogP contribution in [-0.4, -0.2) is 13.7 Å². The fourth-order valence-electron chi connectivity index (χ4n) is 2.19. The maximum absolute atomic E-state index is 5.87. The zero-order valence-electron chi connectivity index (χ0n) is 13.0. The molecule has 0 aliphatic rings. The number of aryl methyl sites for hydroxylation is 1. The Morgan fingerprint density at radius 2 is 1.95 bits per heavy atom. The van der Waals surface area contributed by atoms with Crippen molar-refractivity contribution in [2.45, 2.75) is 27.0 Å². The van der Waals surface area contributed by atoms with Gasteiger partial charge in [0.05, 0.1) is 7.11 Å². The number of nitrogens with one attached hydrogen (secondary N) is 1. The largest absolute Gasteiger partial charge is 0.496 e. The first-order valence-corrected chi connectivity index (χ1v) is 7.29. The first-order chi connectivity index (χ1) is 10.2. The molecule has 2 rings (SSSR count). The van der Waals surface area contributed by atoms with Crippen LogP contribution in [0.25, 0.3) is 0 Å². The minimum atomic E-state index is 0.507. The number of hydrogen-bond acceptors (Lipinski definition) is 3. The van der Waals surface area contributed by atoms with Gasteiger partial charge in [-0.15, -0.1) is 0 Å². The molecule has 0 saturated heterocycles. The van der Waals surface area contributed by atoms with Crippen molar-refractivity contribution >= 4 is 0 Å². The summed E-state index contributed by atoms with van der Waals surface area (Å²) < 4.78 is 11.3. The summed E-state index contributed by atoms with van der Waals surface area (Å²) in [4.78, 5) is 0. The van der Waals surface area contributed by atoms with Crippen molar-refractivity contribution in [2.24, 2.45) is 0 Å². The van der Waals surface area contributed by atoms with Crippen molar-refractivity contribution in [3.05, 3.63) is 59.2 Å². The molecule has 0 spiro atoms. The summed E-state index contributed by atoms with van der Waals surface area (Å²) >= 11 is 0. The fourth-order valence-corrected chi connectivity index (χ4v) is 2.19. The predicted molar refractivity (Wildman–Crippen MR) is 85.9 cm³/mol. The highest BCUT2D eigenvalue weighted by atomic mass is 16.5. The molecular weight excluding hydrogens is 262 g/mol. The van der Waals surface area contributed by atoms with Gasteiger partial charge in [0, 0.05) is 12.1 Å². The minimum Gasteiger partial charge on any atom is -0.496 e. The molecular formula is C18H23NO2. The molecule has 3 nitrogen and oxygen atoms in total. The second kappa shape index (κ2) is 7.70. The average molecular weight is 285 g/mol. The van der Waals surface area contributed by atoms with Gasteiger partial charge < -0.3 is 14.8 Å². The molecule has 0 aliphatic carbocycles. The lowest BCUT2D eigenvalue weighted by Crippen LogP contribution is -2.12. The van der Waals surface area contributed by atoms with E-state index in [4.69, 9.17) is 9.47 Å². The van der Waals surface area contributed by atoms with E-state index >= 15 is 0 Å². The van der Waals surface area contributed by atoms with E-state index in [0.717, 1.165) is 30.2 Å². The highest BCUT2D eigenvalue weighted by molar-refractivity contribution is 5.37. The van der Waals surface area contributed by atoms with Gasteiger partial charge in [-0.25, -0.2) is 0 Å². The molecule has 3 heteroatoms. The Bertz CT molecular complexity index is 581. The number of hydrogen-bond donors (Lipinski definition) is 1. The van der Waals surface area contributed by atoms with E-state index in [9.17, 15) is 0 Å². The van der Waals surface area contributed by atoms with Crippen LogP contribution in [0.4, 0.5) is 0 Å². The van der Waals surface area contributed by atoms with Crippen molar-refractivity contribution in [3.63, 3.8) is 0 Å². The topological polar surface area (TPSA) is 30.5 Å². The molecule has 0 unspecified atom stereocenters. The van der Waals surface area contributed by atoms with Gasteiger partial charge >= 0.3 is 0 Å². The Morgan fingerprint density at radius 1 is 1.10 bits per heavy atom. The van der Waals surface area contributed by atoms with Crippen LogP contribution in [0.3, 0.4) is 0 Å². The van der Waals surface area contributed by atoms with E-state index in [1.807, 2.05) is 24.3 Å². The highest BCUT2D eigenvalue weighted by Gasteiger charge is 2.06. The summed E-state index contributed by atoms with van der Waals surface area (Å²) in [5.74, 6) is 1.75. The molecule has 2 aromatic carbocycles. The first kappa shape index (κ1) is 15.4. The van der Waals surface area contributed by atoms with Crippen LogP contribution in [0.15, 0.2) is 42.5 Å². The van der Waals surface area contributed by atoms with Gasteiger partial charge in [-0.2, -0.15) is 0 Å². The molecule has 0 heterocycles. The highest BCUT2D eigenvalue weighted by Crippen LogP contribution is 2.22. The van der Waals surface area contributed by atoms with Crippen LogP contribution in [0, 0.1) is 6.92 Å². The normalized spacial score (nSPS) is 10.4. The number of methoxy groups -OCH3 is 1. The summed E-state index contributed by atoms with van der Waals surface area (Å²) in [6.45, 7) is 6.49. The lowest BCUT2D eigenvalue weighted by molar-refractivity contribution is 0.296. The number of ether oxygens (including phenoxy) is 2. The van der Waals surface area contributed by atoms with Gasteiger partial charge in [0.2, 0.25) is 0 Å². The van der Waals surface area contributed by atoms with Crippen molar-refractivity contribution < 1.29 is 9.47 Å². The van der Waals surface area contributed by atoms with Gasteiger partial charge in [-0.05, 0) is 48.9 Å². The minimum absolute atomic E-state index is 0.507. The zero-order chi connectivity index (χ0) is 15.1. The van der Waals surface area contributed by atoms with Gasteiger partial charge in [-0.1, -0.05) is 25.1 Å². The standard InChI is InChI=1S/C18H23NO2/c1-4-19-12-15-8-9-18(20-3)16(11-15)13-21-17-7-5-6-14(2)10-17/h5-11,19H,4,12-13H2,1-3H3. The monoisotopic (exact) mass is 285 g/mol. The average Bonchev–Trinajstić information content (AvgIpc) is 2.51. The van der Waals surface area contributed by atoms with Crippen molar-refractivity contribution in [1.82, 2.24) is 5.32 Å². The molecule has 1 N–H and O–H groups in total. The molecule has 0 aliphatic heterocycles. The molecule has 0 aromatic heterocycles. The summed E-state index contributed by atoms with van der Waals surface area (Å²) in [6.07, 6.45) is 0. The van der Waals surface area contributed by atoms with E-state index in [1.54, 1.807) is 7.11 Å². The third-order valence-electron chi connectivity index (χ3n) is 3.31. The van der Waals surface area contributed by atoms with Crippen LogP contribution < -0.4 is 14.8 Å². The van der Waals surface area contributed by atoms with Crippen molar-refractivity contribution in [2.75, 3.05) is 13.7 Å². The molecule has 0 amide bonds. The lowest BCUT2D eigenvalue weighted by Gasteiger charge is -2.12. The van der Waals surface area contributed by atoms with E-state index in [1.165, 1.54) is 11.1 Å². The van der Waals surface area contributed by atoms with Crippen LogP contribution in [-0.2, 0) is 13.2 Å². The molecule has 0 bridgehead atoms. The van der Waals surface area contributed by atoms with Crippen LogP contribution in [0.1, 0.15) is 23.6 Å². The van der Waals surface area contributed by atoms with E-state index in [0.29, 0.717) is 6.61 Å². The molecule has 0 fully saturated rings. The Kier molecular flexibility index (Phi) is 5.64. The van der Waals surface area contributed by atoms with Gasteiger partial charge in [0.15, 0.2) is 0 Å². The summed E-state index contributed by atoms with van der Waals surface area (Å²) in [5, 5.41) is 3.33. The van der Waals surface area contributed by atoms with Crippen molar-refractivity contribution in [3.8, 4) is 11.5 Å². The Labute approximate surface area is 126 Å². The summed E-state index contributed by atoms with van der Waals surface area (Å²) in [5.41, 5.74) is 3.50. The van der Waals surface area contributed by atoms with Gasteiger partial charge in [-0.3, -0.25) is 0 Å². The van der Waals surface area contributed by atoms with Gasteiger partial charge in [0.25, 0.3) is 0 Å². The molecule has 112 valence electrons. The summed E-state index contributed by atoms with van der Waals surface area (Å²) in [6, 6.07) is 14.3. The molecule has 0 saturated carbocycles. The zero-order valence-corrected chi connectivity index (χ0v) is 13.0. The second-order valence-electron chi connectivity index (χ2n) is 5.03. The Hall–Kier alpha value is -2.00. The molecule has 0 atom stereocenters. The fraction of sp³-hybridized carbons (Fsp3) is 0.333. The lowest BCUT2D eigenvalue weighted by atomic mass is 10.1. The molecule has 0 radical (unpaired) electrons. The predicted octanol–water partition coefficient (Wildman–Crippen LogP) is 3.69. The Morgan fingerprint density at radius 3 is 2.67 bits per heavy atom. The number of rotatable bonds is 7. The Balaban J connectivity index is 2.09. The third-order valence-corrected chi connectivity index (χ3v) is 3.31. The third kappa shape index (κ3) is 4.50. The SMILES string of the molecule is CCNCc1ccc(OC)c(COc2cccc(C)c2)c1. The smallest absolute Gasteiger partial charge is 0.125 e. The first-order valence-electron chi connectivity index (χ1n) is 7.29. The maximum atomic E-state index is 5.87. The number of benzene rings is 2.